The molecule has 20 heavy (non-hydrogen) atoms. The van der Waals surface area contributed by atoms with Gasteiger partial charge in [0, 0.05) is 41.5 Å². The monoisotopic (exact) mass is 310 g/mol. The van der Waals surface area contributed by atoms with Crippen molar-refractivity contribution in [1.82, 2.24) is 9.88 Å². The minimum absolute atomic E-state index is 0.248. The Kier molecular flexibility index (Phi) is 4.47. The van der Waals surface area contributed by atoms with E-state index in [1.165, 1.54) is 17.2 Å². The molecular formula is C14H12Cl2N2O2. The number of rotatable bonds is 3. The van der Waals surface area contributed by atoms with Gasteiger partial charge in [-0.2, -0.15) is 0 Å². The van der Waals surface area contributed by atoms with E-state index in [0.29, 0.717) is 22.2 Å². The van der Waals surface area contributed by atoms with Crippen LogP contribution in [0.2, 0.25) is 10.0 Å². The van der Waals surface area contributed by atoms with Gasteiger partial charge in [-0.3, -0.25) is 9.59 Å². The third-order valence-corrected chi connectivity index (χ3v) is 3.38. The average molecular weight is 311 g/mol. The van der Waals surface area contributed by atoms with Gasteiger partial charge in [-0.25, -0.2) is 0 Å². The minimum atomic E-state index is -0.311. The van der Waals surface area contributed by atoms with Crippen LogP contribution in [0.1, 0.15) is 15.9 Å². The van der Waals surface area contributed by atoms with Crippen LogP contribution in [0.4, 0.5) is 0 Å². The summed E-state index contributed by atoms with van der Waals surface area (Å²) in [6.07, 6.45) is 1.44. The largest absolute Gasteiger partial charge is 0.337 e. The number of halogens is 2. The van der Waals surface area contributed by atoms with E-state index in [4.69, 9.17) is 23.2 Å². The van der Waals surface area contributed by atoms with Gasteiger partial charge in [-0.1, -0.05) is 29.3 Å². The molecule has 0 aliphatic carbocycles. The van der Waals surface area contributed by atoms with Crippen molar-refractivity contribution in [3.05, 3.63) is 68.1 Å². The summed E-state index contributed by atoms with van der Waals surface area (Å²) in [4.78, 5) is 27.3. The highest BCUT2D eigenvalue weighted by Crippen LogP contribution is 2.22. The van der Waals surface area contributed by atoms with Crippen LogP contribution in [0.15, 0.2) is 41.3 Å². The van der Waals surface area contributed by atoms with Crippen LogP contribution < -0.4 is 5.56 Å². The van der Waals surface area contributed by atoms with Crippen molar-refractivity contribution in [2.45, 2.75) is 6.54 Å². The first-order valence-electron chi connectivity index (χ1n) is 5.85. The fraction of sp³-hybridized carbons (Fsp3) is 0.143. The number of pyridine rings is 1. The number of hydrogen-bond donors (Lipinski definition) is 1. The SMILES string of the molecule is CN(Cc1ccc(Cl)cc1Cl)C(=O)c1cc[nH]c(=O)c1. The van der Waals surface area contributed by atoms with Crippen molar-refractivity contribution < 1.29 is 4.79 Å². The summed E-state index contributed by atoms with van der Waals surface area (Å²) >= 11 is 11.9. The molecule has 0 saturated heterocycles. The molecule has 0 unspecified atom stereocenters. The average Bonchev–Trinajstić information content (AvgIpc) is 2.41. The predicted octanol–water partition coefficient (Wildman–Crippen LogP) is 2.95. The molecule has 0 fully saturated rings. The zero-order valence-electron chi connectivity index (χ0n) is 10.7. The second-order valence-electron chi connectivity index (χ2n) is 4.34. The Morgan fingerprint density at radius 1 is 1.25 bits per heavy atom. The summed E-state index contributed by atoms with van der Waals surface area (Å²) < 4.78 is 0. The molecule has 1 amide bonds. The Labute approximate surface area is 125 Å². The Morgan fingerprint density at radius 3 is 2.65 bits per heavy atom. The lowest BCUT2D eigenvalue weighted by atomic mass is 10.2. The Bertz CT molecular complexity index is 698. The number of hydrogen-bond acceptors (Lipinski definition) is 2. The third-order valence-electron chi connectivity index (χ3n) is 2.79. The lowest BCUT2D eigenvalue weighted by molar-refractivity contribution is 0.0785. The molecule has 104 valence electrons. The van der Waals surface area contributed by atoms with Crippen molar-refractivity contribution in [2.75, 3.05) is 7.05 Å². The van der Waals surface area contributed by atoms with Gasteiger partial charge in [0.1, 0.15) is 0 Å². The lowest BCUT2D eigenvalue weighted by Crippen LogP contribution is -2.27. The van der Waals surface area contributed by atoms with E-state index in [1.54, 1.807) is 31.3 Å². The number of carbonyl (C=O) groups excluding carboxylic acids is 1. The van der Waals surface area contributed by atoms with Gasteiger partial charge < -0.3 is 9.88 Å². The molecule has 0 bridgehead atoms. The van der Waals surface area contributed by atoms with Crippen molar-refractivity contribution in [3.8, 4) is 0 Å². The second kappa shape index (κ2) is 6.11. The van der Waals surface area contributed by atoms with Crippen LogP contribution in [-0.2, 0) is 6.54 Å². The van der Waals surface area contributed by atoms with Gasteiger partial charge in [0.15, 0.2) is 0 Å². The summed E-state index contributed by atoms with van der Waals surface area (Å²) in [6, 6.07) is 7.94. The normalized spacial score (nSPS) is 10.3. The summed E-state index contributed by atoms with van der Waals surface area (Å²) in [5, 5.41) is 1.05. The first-order chi connectivity index (χ1) is 9.47. The predicted molar refractivity (Wildman–Crippen MR) is 79.3 cm³/mol. The number of nitrogens with zero attached hydrogens (tertiary/aromatic N) is 1. The van der Waals surface area contributed by atoms with Gasteiger partial charge in [0.2, 0.25) is 5.56 Å². The molecule has 1 aromatic heterocycles. The molecule has 0 spiro atoms. The van der Waals surface area contributed by atoms with Gasteiger partial charge in [-0.15, -0.1) is 0 Å². The van der Waals surface area contributed by atoms with E-state index in [2.05, 4.69) is 4.98 Å². The number of amides is 1. The van der Waals surface area contributed by atoms with Crippen LogP contribution in [0, 0.1) is 0 Å². The molecule has 2 rings (SSSR count). The van der Waals surface area contributed by atoms with Crippen LogP contribution in [0.25, 0.3) is 0 Å². The highest BCUT2D eigenvalue weighted by atomic mass is 35.5. The van der Waals surface area contributed by atoms with E-state index < -0.39 is 0 Å². The molecule has 1 N–H and O–H groups in total. The van der Waals surface area contributed by atoms with Crippen LogP contribution in [0.3, 0.4) is 0 Å². The fourth-order valence-electron chi connectivity index (χ4n) is 1.78. The smallest absolute Gasteiger partial charge is 0.254 e. The quantitative estimate of drug-likeness (QED) is 0.947. The Balaban J connectivity index is 2.17. The van der Waals surface area contributed by atoms with Gasteiger partial charge >= 0.3 is 0 Å². The molecular weight excluding hydrogens is 299 g/mol. The van der Waals surface area contributed by atoms with Gasteiger partial charge in [0.05, 0.1) is 0 Å². The molecule has 0 atom stereocenters. The number of benzene rings is 1. The van der Waals surface area contributed by atoms with E-state index in [1.807, 2.05) is 0 Å². The summed E-state index contributed by atoms with van der Waals surface area (Å²) in [5.41, 5.74) is 0.812. The minimum Gasteiger partial charge on any atom is -0.337 e. The topological polar surface area (TPSA) is 53.2 Å². The van der Waals surface area contributed by atoms with Gasteiger partial charge in [-0.05, 0) is 23.8 Å². The zero-order chi connectivity index (χ0) is 14.7. The van der Waals surface area contributed by atoms with Crippen molar-refractivity contribution in [1.29, 1.82) is 0 Å². The molecule has 1 heterocycles. The Morgan fingerprint density at radius 2 is 2.00 bits per heavy atom. The number of nitrogens with one attached hydrogen (secondary N) is 1. The van der Waals surface area contributed by atoms with E-state index in [9.17, 15) is 9.59 Å². The standard InChI is InChI=1S/C14H12Cl2N2O2/c1-18(8-10-2-3-11(15)7-12(10)16)14(20)9-4-5-17-13(19)6-9/h2-7H,8H2,1H3,(H,17,19). The van der Waals surface area contributed by atoms with Crippen molar-refractivity contribution in [3.63, 3.8) is 0 Å². The molecule has 0 aliphatic heterocycles. The molecule has 0 saturated carbocycles. The zero-order valence-corrected chi connectivity index (χ0v) is 12.2. The third kappa shape index (κ3) is 3.40. The van der Waals surface area contributed by atoms with Crippen molar-refractivity contribution >= 4 is 29.1 Å². The van der Waals surface area contributed by atoms with Crippen LogP contribution >= 0.6 is 23.2 Å². The van der Waals surface area contributed by atoms with Crippen LogP contribution in [-0.4, -0.2) is 22.8 Å². The Hall–Kier alpha value is -1.78. The summed E-state index contributed by atoms with van der Waals surface area (Å²) in [5.74, 6) is -0.248. The van der Waals surface area contributed by atoms with E-state index in [0.717, 1.165) is 5.56 Å². The first-order valence-corrected chi connectivity index (χ1v) is 6.61. The fourth-order valence-corrected chi connectivity index (χ4v) is 2.24. The molecule has 2 aromatic rings. The highest BCUT2D eigenvalue weighted by molar-refractivity contribution is 6.35. The lowest BCUT2D eigenvalue weighted by Gasteiger charge is -2.18. The number of carbonyl (C=O) groups is 1. The van der Waals surface area contributed by atoms with E-state index in [-0.39, 0.29) is 11.5 Å². The summed E-state index contributed by atoms with van der Waals surface area (Å²) in [7, 11) is 1.65. The van der Waals surface area contributed by atoms with E-state index >= 15 is 0 Å². The summed E-state index contributed by atoms with van der Waals surface area (Å²) in [6.45, 7) is 0.335. The number of aromatic nitrogens is 1. The second-order valence-corrected chi connectivity index (χ2v) is 5.18. The highest BCUT2D eigenvalue weighted by Gasteiger charge is 2.13. The maximum Gasteiger partial charge on any atom is 0.254 e. The molecule has 0 aliphatic rings. The molecule has 0 radical (unpaired) electrons. The maximum atomic E-state index is 12.2. The molecule has 1 aromatic carbocycles. The van der Waals surface area contributed by atoms with Gasteiger partial charge in [0.25, 0.3) is 5.91 Å². The number of H-pyrrole nitrogens is 1. The number of aromatic amines is 1. The first kappa shape index (κ1) is 14.6. The van der Waals surface area contributed by atoms with Crippen LogP contribution in [0.5, 0.6) is 0 Å². The maximum absolute atomic E-state index is 12.2. The van der Waals surface area contributed by atoms with Crippen molar-refractivity contribution in [2.24, 2.45) is 0 Å². The molecule has 6 heteroatoms. The molecule has 4 nitrogen and oxygen atoms in total.